The van der Waals surface area contributed by atoms with Gasteiger partial charge in [-0.2, -0.15) is 0 Å². The standard InChI is InChI=1S/C55H38/c1-55(2)50-27-15-14-26-48(50)54-42-21-9-8-20-40(42)49(34-51(54)55)41-32-33-47(39-19-7-6-18-38(39)41)53-45-24-12-10-22-43(45)52(44-23-11-13-25-46(44)53)37-30-28-36(29-31-37)35-16-4-3-5-17-35/h3-34H,1-2H3. The van der Waals surface area contributed by atoms with E-state index in [9.17, 15) is 0 Å². The Morgan fingerprint density at radius 2 is 0.673 bits per heavy atom. The highest BCUT2D eigenvalue weighted by molar-refractivity contribution is 6.24. The topological polar surface area (TPSA) is 0 Å². The molecular weight excluding hydrogens is 661 g/mol. The van der Waals surface area contributed by atoms with Crippen molar-refractivity contribution in [2.45, 2.75) is 19.3 Å². The van der Waals surface area contributed by atoms with Crippen LogP contribution < -0.4 is 0 Å². The highest BCUT2D eigenvalue weighted by Crippen LogP contribution is 2.54. The van der Waals surface area contributed by atoms with Gasteiger partial charge in [-0.15, -0.1) is 0 Å². The van der Waals surface area contributed by atoms with Gasteiger partial charge < -0.3 is 0 Å². The summed E-state index contributed by atoms with van der Waals surface area (Å²) in [5.74, 6) is 0. The van der Waals surface area contributed by atoms with E-state index in [1.807, 2.05) is 0 Å². The minimum absolute atomic E-state index is 0.0953. The van der Waals surface area contributed by atoms with Crippen molar-refractivity contribution < 1.29 is 0 Å². The normalized spacial score (nSPS) is 13.1. The predicted molar refractivity (Wildman–Crippen MR) is 236 cm³/mol. The van der Waals surface area contributed by atoms with Crippen molar-refractivity contribution in [3.63, 3.8) is 0 Å². The Kier molecular flexibility index (Phi) is 7.00. The first-order chi connectivity index (χ1) is 27.1. The number of hydrogen-bond donors (Lipinski definition) is 0. The molecule has 11 rings (SSSR count). The Morgan fingerprint density at radius 3 is 1.29 bits per heavy atom. The molecule has 10 aromatic carbocycles. The molecular formula is C55H38. The molecule has 0 nitrogen and oxygen atoms in total. The zero-order valence-corrected chi connectivity index (χ0v) is 31.0. The molecule has 1 aliphatic carbocycles. The maximum Gasteiger partial charge on any atom is 0.0159 e. The summed E-state index contributed by atoms with van der Waals surface area (Å²) in [4.78, 5) is 0. The SMILES string of the molecule is CC1(C)c2ccccc2-c2c1cc(-c1ccc(-c3c4ccccc4c(-c4ccc(-c5ccccc5)cc4)c4ccccc34)c3ccccc13)c1ccccc21. The summed E-state index contributed by atoms with van der Waals surface area (Å²) >= 11 is 0. The van der Waals surface area contributed by atoms with Crippen LogP contribution in [0.15, 0.2) is 194 Å². The fourth-order valence-electron chi connectivity index (χ4n) is 9.71. The van der Waals surface area contributed by atoms with Crippen LogP contribution in [-0.4, -0.2) is 0 Å². The van der Waals surface area contributed by atoms with Gasteiger partial charge >= 0.3 is 0 Å². The molecule has 0 unspecified atom stereocenters. The monoisotopic (exact) mass is 698 g/mol. The van der Waals surface area contributed by atoms with E-state index in [0.717, 1.165) is 0 Å². The van der Waals surface area contributed by atoms with Crippen molar-refractivity contribution in [3.05, 3.63) is 205 Å². The summed E-state index contributed by atoms with van der Waals surface area (Å²) < 4.78 is 0. The van der Waals surface area contributed by atoms with Crippen LogP contribution in [0.2, 0.25) is 0 Å². The Labute approximate surface area is 322 Å². The number of benzene rings is 10. The molecule has 258 valence electrons. The highest BCUT2D eigenvalue weighted by atomic mass is 14.4. The summed E-state index contributed by atoms with van der Waals surface area (Å²) in [6.07, 6.45) is 0. The zero-order valence-electron chi connectivity index (χ0n) is 31.0. The van der Waals surface area contributed by atoms with Gasteiger partial charge in [0.15, 0.2) is 0 Å². The third-order valence-electron chi connectivity index (χ3n) is 12.3. The van der Waals surface area contributed by atoms with Crippen LogP contribution in [0.1, 0.15) is 25.0 Å². The predicted octanol–water partition coefficient (Wildman–Crippen LogP) is 15.3. The van der Waals surface area contributed by atoms with Crippen molar-refractivity contribution in [2.24, 2.45) is 0 Å². The smallest absolute Gasteiger partial charge is 0.0159 e. The average molecular weight is 699 g/mol. The number of rotatable bonds is 4. The van der Waals surface area contributed by atoms with Gasteiger partial charge in [0.25, 0.3) is 0 Å². The van der Waals surface area contributed by atoms with Crippen molar-refractivity contribution >= 4 is 43.1 Å². The van der Waals surface area contributed by atoms with Gasteiger partial charge in [-0.05, 0) is 116 Å². The van der Waals surface area contributed by atoms with Gasteiger partial charge in [0.05, 0.1) is 0 Å². The fourth-order valence-corrected chi connectivity index (χ4v) is 9.71. The molecule has 0 bridgehead atoms. The lowest BCUT2D eigenvalue weighted by Crippen LogP contribution is -2.15. The van der Waals surface area contributed by atoms with E-state index in [1.54, 1.807) is 0 Å². The van der Waals surface area contributed by atoms with E-state index < -0.39 is 0 Å². The Balaban J connectivity index is 1.15. The third-order valence-corrected chi connectivity index (χ3v) is 12.3. The molecule has 0 fully saturated rings. The number of fused-ring (bicyclic) bond motifs is 8. The fraction of sp³-hybridized carbons (Fsp3) is 0.0545. The molecule has 0 N–H and O–H groups in total. The van der Waals surface area contributed by atoms with Crippen molar-refractivity contribution in [1.29, 1.82) is 0 Å². The van der Waals surface area contributed by atoms with Crippen LogP contribution in [-0.2, 0) is 5.41 Å². The summed E-state index contributed by atoms with van der Waals surface area (Å²) in [6.45, 7) is 4.77. The molecule has 0 aliphatic heterocycles. The van der Waals surface area contributed by atoms with Crippen LogP contribution in [0, 0.1) is 0 Å². The molecule has 0 saturated heterocycles. The minimum atomic E-state index is -0.0953. The molecule has 0 heterocycles. The first-order valence-corrected chi connectivity index (χ1v) is 19.4. The van der Waals surface area contributed by atoms with Crippen LogP contribution in [0.25, 0.3) is 98.7 Å². The summed E-state index contributed by atoms with van der Waals surface area (Å²) in [6, 6.07) is 72.1. The van der Waals surface area contributed by atoms with Crippen molar-refractivity contribution in [1.82, 2.24) is 0 Å². The Bertz CT molecular complexity index is 3090. The molecule has 0 atom stereocenters. The molecule has 55 heavy (non-hydrogen) atoms. The molecule has 0 aromatic heterocycles. The maximum absolute atomic E-state index is 2.50. The van der Waals surface area contributed by atoms with Crippen molar-refractivity contribution in [2.75, 3.05) is 0 Å². The van der Waals surface area contributed by atoms with E-state index >= 15 is 0 Å². The lowest BCUT2D eigenvalue weighted by atomic mass is 9.79. The lowest BCUT2D eigenvalue weighted by Gasteiger charge is -2.23. The molecule has 10 aromatic rings. The molecule has 0 saturated carbocycles. The second-order valence-corrected chi connectivity index (χ2v) is 15.6. The van der Waals surface area contributed by atoms with Crippen molar-refractivity contribution in [3.8, 4) is 55.6 Å². The molecule has 0 heteroatoms. The maximum atomic E-state index is 2.50. The van der Waals surface area contributed by atoms with Gasteiger partial charge in [-0.25, -0.2) is 0 Å². The zero-order chi connectivity index (χ0) is 36.7. The first kappa shape index (κ1) is 31.7. The first-order valence-electron chi connectivity index (χ1n) is 19.4. The average Bonchev–Trinajstić information content (AvgIpc) is 3.48. The van der Waals surface area contributed by atoms with Gasteiger partial charge in [-0.3, -0.25) is 0 Å². The van der Waals surface area contributed by atoms with Crippen LogP contribution in [0.4, 0.5) is 0 Å². The van der Waals surface area contributed by atoms with E-state index in [2.05, 4.69) is 208 Å². The van der Waals surface area contributed by atoms with E-state index in [4.69, 9.17) is 0 Å². The highest BCUT2D eigenvalue weighted by Gasteiger charge is 2.37. The van der Waals surface area contributed by atoms with Gasteiger partial charge in [0, 0.05) is 5.41 Å². The third kappa shape index (κ3) is 4.71. The van der Waals surface area contributed by atoms with E-state index in [0.29, 0.717) is 0 Å². The van der Waals surface area contributed by atoms with Gasteiger partial charge in [0.1, 0.15) is 0 Å². The van der Waals surface area contributed by atoms with Gasteiger partial charge in [-0.1, -0.05) is 202 Å². The quantitative estimate of drug-likeness (QED) is 0.161. The summed E-state index contributed by atoms with van der Waals surface area (Å²) in [5, 5.41) is 10.2. The largest absolute Gasteiger partial charge is 0.0622 e. The number of hydrogen-bond acceptors (Lipinski definition) is 0. The lowest BCUT2D eigenvalue weighted by molar-refractivity contribution is 0.661. The second-order valence-electron chi connectivity index (χ2n) is 15.6. The van der Waals surface area contributed by atoms with Crippen LogP contribution >= 0.6 is 0 Å². The van der Waals surface area contributed by atoms with E-state index in [-0.39, 0.29) is 5.41 Å². The Morgan fingerprint density at radius 1 is 0.255 bits per heavy atom. The van der Waals surface area contributed by atoms with Crippen LogP contribution in [0.5, 0.6) is 0 Å². The van der Waals surface area contributed by atoms with Crippen LogP contribution in [0.3, 0.4) is 0 Å². The van der Waals surface area contributed by atoms with Gasteiger partial charge in [0.2, 0.25) is 0 Å². The second kappa shape index (κ2) is 12.1. The molecule has 0 amide bonds. The molecule has 0 spiro atoms. The Hall–Kier alpha value is -6.76. The molecule has 0 radical (unpaired) electrons. The molecule has 1 aliphatic rings. The minimum Gasteiger partial charge on any atom is -0.0622 e. The summed E-state index contributed by atoms with van der Waals surface area (Å²) in [7, 11) is 0. The summed E-state index contributed by atoms with van der Waals surface area (Å²) in [5.41, 5.74) is 15.5. The van der Waals surface area contributed by atoms with E-state index in [1.165, 1.54) is 110 Å².